The number of hydrogen-bond donors (Lipinski definition) is 1. The van der Waals surface area contributed by atoms with Crippen molar-refractivity contribution in [3.8, 4) is 11.5 Å². The molecular weight excluding hydrogens is 332 g/mol. The van der Waals surface area contributed by atoms with Crippen LogP contribution in [0.5, 0.6) is 11.5 Å². The summed E-state index contributed by atoms with van der Waals surface area (Å²) in [4.78, 5) is 12.2. The number of carbonyl (C=O) groups excluding carboxylic acids is 1. The largest absolute Gasteiger partial charge is 0.454 e. The van der Waals surface area contributed by atoms with Crippen LogP contribution >= 0.6 is 0 Å². The van der Waals surface area contributed by atoms with Crippen LogP contribution in [-0.4, -0.2) is 44.3 Å². The van der Waals surface area contributed by atoms with E-state index in [4.69, 9.17) is 9.47 Å². The third-order valence-corrected chi connectivity index (χ3v) is 5.71. The molecular formula is C16H22N2O5S. The first-order valence-corrected chi connectivity index (χ1v) is 9.94. The van der Waals surface area contributed by atoms with Crippen molar-refractivity contribution < 1.29 is 22.7 Å². The first-order chi connectivity index (χ1) is 11.4. The van der Waals surface area contributed by atoms with E-state index in [-0.39, 0.29) is 31.7 Å². The normalized spacial score (nSPS) is 17.4. The third kappa shape index (κ3) is 3.99. The highest BCUT2D eigenvalue weighted by molar-refractivity contribution is 7.88. The van der Waals surface area contributed by atoms with E-state index in [0.29, 0.717) is 17.2 Å². The number of amides is 1. The second kappa shape index (κ2) is 6.98. The standard InChI is InChI=1S/C16H22N2O5S/c1-24(20,21)18(13-4-2-3-5-13)9-8-16(19)17-12-6-7-14-15(10-12)23-11-22-14/h6-7,10,13H,2-5,8-9,11H2,1H3,(H,17,19). The Morgan fingerprint density at radius 1 is 1.25 bits per heavy atom. The minimum absolute atomic E-state index is 0.0262. The monoisotopic (exact) mass is 354 g/mol. The van der Waals surface area contributed by atoms with Gasteiger partial charge in [0.15, 0.2) is 11.5 Å². The number of ether oxygens (including phenoxy) is 2. The van der Waals surface area contributed by atoms with Crippen molar-refractivity contribution in [2.45, 2.75) is 38.1 Å². The molecule has 1 aliphatic heterocycles. The highest BCUT2D eigenvalue weighted by Crippen LogP contribution is 2.34. The highest BCUT2D eigenvalue weighted by atomic mass is 32.2. The van der Waals surface area contributed by atoms with E-state index in [9.17, 15) is 13.2 Å². The number of rotatable bonds is 6. The molecule has 0 unspecified atom stereocenters. The van der Waals surface area contributed by atoms with Gasteiger partial charge in [-0.15, -0.1) is 0 Å². The number of nitrogens with one attached hydrogen (secondary N) is 1. The molecule has 0 atom stereocenters. The molecule has 1 aromatic carbocycles. The van der Waals surface area contributed by atoms with E-state index in [0.717, 1.165) is 25.7 Å². The van der Waals surface area contributed by atoms with Crippen LogP contribution in [0.25, 0.3) is 0 Å². The van der Waals surface area contributed by atoms with Crippen molar-refractivity contribution in [2.75, 3.05) is 24.9 Å². The van der Waals surface area contributed by atoms with Gasteiger partial charge in [0.25, 0.3) is 0 Å². The Labute approximate surface area is 142 Å². The molecule has 8 heteroatoms. The van der Waals surface area contributed by atoms with Gasteiger partial charge < -0.3 is 14.8 Å². The average Bonchev–Trinajstić information content (AvgIpc) is 3.16. The quantitative estimate of drug-likeness (QED) is 0.844. The van der Waals surface area contributed by atoms with Crippen LogP contribution < -0.4 is 14.8 Å². The molecule has 1 fully saturated rings. The number of carbonyl (C=O) groups is 1. The van der Waals surface area contributed by atoms with Crippen LogP contribution in [0.15, 0.2) is 18.2 Å². The van der Waals surface area contributed by atoms with E-state index in [1.165, 1.54) is 10.6 Å². The van der Waals surface area contributed by atoms with Gasteiger partial charge in [0, 0.05) is 30.8 Å². The van der Waals surface area contributed by atoms with Gasteiger partial charge in [-0.05, 0) is 25.0 Å². The first kappa shape index (κ1) is 17.0. The van der Waals surface area contributed by atoms with E-state index >= 15 is 0 Å². The molecule has 1 aromatic rings. The molecule has 24 heavy (non-hydrogen) atoms. The molecule has 0 bridgehead atoms. The molecule has 1 heterocycles. The number of fused-ring (bicyclic) bond motifs is 1. The van der Waals surface area contributed by atoms with Gasteiger partial charge in [-0.3, -0.25) is 4.79 Å². The number of anilines is 1. The van der Waals surface area contributed by atoms with Crippen LogP contribution in [0, 0.1) is 0 Å². The zero-order chi connectivity index (χ0) is 17.2. The molecule has 1 aliphatic carbocycles. The van der Waals surface area contributed by atoms with Gasteiger partial charge in [0.1, 0.15) is 0 Å². The van der Waals surface area contributed by atoms with Gasteiger partial charge in [-0.2, -0.15) is 4.31 Å². The summed E-state index contributed by atoms with van der Waals surface area (Å²) in [5.74, 6) is 1.02. The van der Waals surface area contributed by atoms with Crippen LogP contribution in [0.4, 0.5) is 5.69 Å². The maximum Gasteiger partial charge on any atom is 0.231 e. The summed E-state index contributed by atoms with van der Waals surface area (Å²) in [5.41, 5.74) is 0.607. The molecule has 1 N–H and O–H groups in total. The van der Waals surface area contributed by atoms with Crippen molar-refractivity contribution in [3.63, 3.8) is 0 Å². The van der Waals surface area contributed by atoms with Gasteiger partial charge >= 0.3 is 0 Å². The lowest BCUT2D eigenvalue weighted by atomic mass is 10.2. The average molecular weight is 354 g/mol. The summed E-state index contributed by atoms with van der Waals surface area (Å²) in [6.07, 6.45) is 5.16. The lowest BCUT2D eigenvalue weighted by Gasteiger charge is -2.26. The predicted molar refractivity (Wildman–Crippen MR) is 89.6 cm³/mol. The van der Waals surface area contributed by atoms with Crippen LogP contribution in [-0.2, 0) is 14.8 Å². The van der Waals surface area contributed by atoms with Gasteiger partial charge in [-0.1, -0.05) is 12.8 Å². The Morgan fingerprint density at radius 2 is 1.96 bits per heavy atom. The molecule has 0 saturated heterocycles. The molecule has 0 radical (unpaired) electrons. The Morgan fingerprint density at radius 3 is 2.67 bits per heavy atom. The Kier molecular flexibility index (Phi) is 4.96. The second-order valence-corrected chi connectivity index (χ2v) is 8.11. The van der Waals surface area contributed by atoms with E-state index in [1.807, 2.05) is 0 Å². The summed E-state index contributed by atoms with van der Waals surface area (Å²) >= 11 is 0. The van der Waals surface area contributed by atoms with Gasteiger partial charge in [0.2, 0.25) is 22.7 Å². The fraction of sp³-hybridized carbons (Fsp3) is 0.562. The summed E-state index contributed by atoms with van der Waals surface area (Å²) in [7, 11) is -3.31. The van der Waals surface area contributed by atoms with Crippen molar-refractivity contribution in [1.82, 2.24) is 4.31 Å². The molecule has 1 amide bonds. The molecule has 7 nitrogen and oxygen atoms in total. The lowest BCUT2D eigenvalue weighted by Crippen LogP contribution is -2.39. The predicted octanol–water partition coefficient (Wildman–Crippen LogP) is 1.95. The third-order valence-electron chi connectivity index (χ3n) is 4.37. The van der Waals surface area contributed by atoms with Crippen molar-refractivity contribution >= 4 is 21.6 Å². The fourth-order valence-corrected chi connectivity index (χ4v) is 4.40. The number of nitrogens with zero attached hydrogens (tertiary/aromatic N) is 1. The fourth-order valence-electron chi connectivity index (χ4n) is 3.22. The molecule has 3 rings (SSSR count). The van der Waals surface area contributed by atoms with Crippen LogP contribution in [0.1, 0.15) is 32.1 Å². The summed E-state index contributed by atoms with van der Waals surface area (Å²) in [5, 5.41) is 2.77. The Hall–Kier alpha value is -1.80. The van der Waals surface area contributed by atoms with E-state index in [2.05, 4.69) is 5.32 Å². The first-order valence-electron chi connectivity index (χ1n) is 8.10. The van der Waals surface area contributed by atoms with Gasteiger partial charge in [0.05, 0.1) is 6.26 Å². The molecule has 1 saturated carbocycles. The molecule has 132 valence electrons. The van der Waals surface area contributed by atoms with Crippen LogP contribution in [0.3, 0.4) is 0 Å². The summed E-state index contributed by atoms with van der Waals surface area (Å²) in [6, 6.07) is 5.19. The summed E-state index contributed by atoms with van der Waals surface area (Å²) < 4.78 is 35.9. The lowest BCUT2D eigenvalue weighted by molar-refractivity contribution is -0.116. The maximum atomic E-state index is 12.2. The summed E-state index contributed by atoms with van der Waals surface area (Å²) in [6.45, 7) is 0.386. The topological polar surface area (TPSA) is 84.9 Å². The number of hydrogen-bond acceptors (Lipinski definition) is 5. The maximum absolute atomic E-state index is 12.2. The highest BCUT2D eigenvalue weighted by Gasteiger charge is 2.29. The molecule has 0 spiro atoms. The smallest absolute Gasteiger partial charge is 0.231 e. The molecule has 0 aromatic heterocycles. The van der Waals surface area contributed by atoms with Gasteiger partial charge in [-0.25, -0.2) is 8.42 Å². The van der Waals surface area contributed by atoms with E-state index < -0.39 is 10.0 Å². The zero-order valence-electron chi connectivity index (χ0n) is 13.7. The van der Waals surface area contributed by atoms with Crippen LogP contribution in [0.2, 0.25) is 0 Å². The SMILES string of the molecule is CS(=O)(=O)N(CCC(=O)Nc1ccc2c(c1)OCO2)C1CCCC1. The number of benzene rings is 1. The van der Waals surface area contributed by atoms with Crippen molar-refractivity contribution in [3.05, 3.63) is 18.2 Å². The zero-order valence-corrected chi connectivity index (χ0v) is 14.5. The molecule has 2 aliphatic rings. The Bertz CT molecular complexity index is 713. The van der Waals surface area contributed by atoms with Crippen molar-refractivity contribution in [1.29, 1.82) is 0 Å². The Balaban J connectivity index is 1.57. The minimum atomic E-state index is -3.31. The van der Waals surface area contributed by atoms with E-state index in [1.54, 1.807) is 18.2 Å². The second-order valence-electron chi connectivity index (χ2n) is 6.18. The minimum Gasteiger partial charge on any atom is -0.454 e. The van der Waals surface area contributed by atoms with Crippen molar-refractivity contribution in [2.24, 2.45) is 0 Å². The number of sulfonamides is 1.